The molecule has 2 rings (SSSR count). The van der Waals surface area contributed by atoms with Crippen molar-refractivity contribution in [2.75, 3.05) is 13.2 Å². The van der Waals surface area contributed by atoms with Gasteiger partial charge < -0.3 is 29.9 Å². The summed E-state index contributed by atoms with van der Waals surface area (Å²) < 4.78 is 11.5. The molecule has 26 heavy (non-hydrogen) atoms. The molecule has 0 aromatic heterocycles. The number of aliphatic hydroxyl groups excluding tert-OH is 4. The van der Waals surface area contributed by atoms with E-state index >= 15 is 0 Å². The summed E-state index contributed by atoms with van der Waals surface area (Å²) in [6.45, 7) is 3.39. The van der Waals surface area contributed by atoms with Crippen LogP contribution in [0.25, 0.3) is 0 Å². The van der Waals surface area contributed by atoms with Gasteiger partial charge in [-0.15, -0.1) is 0 Å². The lowest BCUT2D eigenvalue weighted by Gasteiger charge is -2.17. The lowest BCUT2D eigenvalue weighted by Crippen LogP contribution is -2.13. The van der Waals surface area contributed by atoms with E-state index in [1.54, 1.807) is 0 Å². The zero-order chi connectivity index (χ0) is 19.1. The van der Waals surface area contributed by atoms with Gasteiger partial charge in [0.15, 0.2) is 0 Å². The van der Waals surface area contributed by atoms with E-state index in [-0.39, 0.29) is 39.6 Å². The molecule has 6 nitrogen and oxygen atoms in total. The summed E-state index contributed by atoms with van der Waals surface area (Å²) in [5, 5.41) is 38.0. The van der Waals surface area contributed by atoms with E-state index in [4.69, 9.17) is 9.47 Å². The van der Waals surface area contributed by atoms with E-state index in [0.717, 1.165) is 11.1 Å². The van der Waals surface area contributed by atoms with E-state index in [1.807, 2.05) is 38.1 Å². The molecule has 0 aliphatic rings. The minimum atomic E-state index is -0.188. The number of rotatable bonds is 9. The molecular weight excluding hydrogens is 336 g/mol. The topological polar surface area (TPSA) is 99.4 Å². The monoisotopic (exact) mass is 362 g/mol. The van der Waals surface area contributed by atoms with Crippen molar-refractivity contribution in [1.29, 1.82) is 0 Å². The number of ether oxygens (including phenoxy) is 2. The maximum Gasteiger partial charge on any atom is 0.130 e. The maximum absolute atomic E-state index is 9.51. The second kappa shape index (κ2) is 9.54. The second-order valence-electron chi connectivity index (χ2n) is 6.15. The van der Waals surface area contributed by atoms with Gasteiger partial charge in [-0.3, -0.25) is 0 Å². The summed E-state index contributed by atoms with van der Waals surface area (Å²) in [6.07, 6.45) is 0. The van der Waals surface area contributed by atoms with Gasteiger partial charge >= 0.3 is 0 Å². The molecule has 0 atom stereocenters. The van der Waals surface area contributed by atoms with Crippen LogP contribution in [0.3, 0.4) is 0 Å². The van der Waals surface area contributed by atoms with Crippen LogP contribution in [0.2, 0.25) is 0 Å². The summed E-state index contributed by atoms with van der Waals surface area (Å²) in [7, 11) is 0. The smallest absolute Gasteiger partial charge is 0.130 e. The van der Waals surface area contributed by atoms with Gasteiger partial charge in [-0.05, 0) is 13.8 Å². The van der Waals surface area contributed by atoms with E-state index in [0.29, 0.717) is 33.8 Å². The van der Waals surface area contributed by atoms with Crippen LogP contribution in [0, 0.1) is 13.8 Å². The minimum Gasteiger partial charge on any atom is -0.489 e. The van der Waals surface area contributed by atoms with Crippen LogP contribution in [0.4, 0.5) is 0 Å². The normalized spacial score (nSPS) is 10.8. The summed E-state index contributed by atoms with van der Waals surface area (Å²) in [5.41, 5.74) is 4.30. The second-order valence-corrected chi connectivity index (χ2v) is 6.15. The molecule has 6 heteroatoms. The SMILES string of the molecule is Cc1cc(CO)c(OCCOc2c(CO)cc(C)cc2CO)c(CO)c1. The van der Waals surface area contributed by atoms with Gasteiger partial charge in [0.1, 0.15) is 24.7 Å². The molecule has 4 N–H and O–H groups in total. The molecule has 0 unspecified atom stereocenters. The lowest BCUT2D eigenvalue weighted by atomic mass is 10.1. The molecule has 0 amide bonds. The predicted molar refractivity (Wildman–Crippen MR) is 97.0 cm³/mol. The largest absolute Gasteiger partial charge is 0.489 e. The molecule has 0 saturated carbocycles. The minimum absolute atomic E-state index is 0.187. The third-order valence-corrected chi connectivity index (χ3v) is 4.03. The molecule has 0 bridgehead atoms. The molecule has 0 fully saturated rings. The van der Waals surface area contributed by atoms with Crippen LogP contribution in [0.5, 0.6) is 11.5 Å². The molecule has 2 aromatic rings. The quantitative estimate of drug-likeness (QED) is 0.507. The fourth-order valence-electron chi connectivity index (χ4n) is 2.99. The first-order chi connectivity index (χ1) is 12.5. The molecule has 0 spiro atoms. The van der Waals surface area contributed by atoms with E-state index in [2.05, 4.69) is 0 Å². The summed E-state index contributed by atoms with van der Waals surface area (Å²) in [6, 6.07) is 7.23. The summed E-state index contributed by atoms with van der Waals surface area (Å²) in [4.78, 5) is 0. The predicted octanol–water partition coefficient (Wildman–Crippen LogP) is 1.73. The van der Waals surface area contributed by atoms with Gasteiger partial charge in [0, 0.05) is 22.3 Å². The Morgan fingerprint density at radius 2 is 0.846 bits per heavy atom. The van der Waals surface area contributed by atoms with Crippen LogP contribution in [-0.4, -0.2) is 33.6 Å². The summed E-state index contributed by atoms with van der Waals surface area (Å²) >= 11 is 0. The standard InChI is InChI=1S/C20H26O6/c1-13-5-15(9-21)19(16(6-13)10-22)25-3-4-26-20-17(11-23)7-14(2)8-18(20)12-24/h5-8,21-24H,3-4,9-12H2,1-2H3. The highest BCUT2D eigenvalue weighted by Crippen LogP contribution is 2.28. The third-order valence-electron chi connectivity index (χ3n) is 4.03. The highest BCUT2D eigenvalue weighted by Gasteiger charge is 2.13. The number of hydrogen-bond acceptors (Lipinski definition) is 6. The fraction of sp³-hybridized carbons (Fsp3) is 0.400. The van der Waals surface area contributed by atoms with E-state index in [1.165, 1.54) is 0 Å². The molecule has 0 aliphatic carbocycles. The highest BCUT2D eigenvalue weighted by molar-refractivity contribution is 5.45. The van der Waals surface area contributed by atoms with Crippen LogP contribution in [0.1, 0.15) is 33.4 Å². The van der Waals surface area contributed by atoms with Crippen molar-refractivity contribution in [2.24, 2.45) is 0 Å². The van der Waals surface area contributed by atoms with Gasteiger partial charge in [-0.25, -0.2) is 0 Å². The molecule has 142 valence electrons. The molecular formula is C20H26O6. The van der Waals surface area contributed by atoms with Crippen molar-refractivity contribution >= 4 is 0 Å². The Labute approximate surface area is 153 Å². The number of benzene rings is 2. The Bertz CT molecular complexity index is 628. The average Bonchev–Trinajstić information content (AvgIpc) is 2.65. The van der Waals surface area contributed by atoms with Crippen molar-refractivity contribution in [3.63, 3.8) is 0 Å². The van der Waals surface area contributed by atoms with Crippen molar-refractivity contribution in [3.05, 3.63) is 57.6 Å². The number of aliphatic hydroxyl groups is 4. The van der Waals surface area contributed by atoms with Gasteiger partial charge in [0.2, 0.25) is 0 Å². The van der Waals surface area contributed by atoms with Crippen LogP contribution in [0.15, 0.2) is 24.3 Å². The van der Waals surface area contributed by atoms with Crippen LogP contribution in [-0.2, 0) is 26.4 Å². The van der Waals surface area contributed by atoms with Gasteiger partial charge in [0.05, 0.1) is 26.4 Å². The van der Waals surface area contributed by atoms with Crippen molar-refractivity contribution in [2.45, 2.75) is 40.3 Å². The number of hydrogen-bond donors (Lipinski definition) is 4. The van der Waals surface area contributed by atoms with E-state index in [9.17, 15) is 20.4 Å². The Kier molecular flexibility index (Phi) is 7.41. The van der Waals surface area contributed by atoms with Gasteiger partial charge in [-0.2, -0.15) is 0 Å². The fourth-order valence-corrected chi connectivity index (χ4v) is 2.99. The molecule has 2 aromatic carbocycles. The zero-order valence-electron chi connectivity index (χ0n) is 15.2. The Hall–Kier alpha value is -2.12. The van der Waals surface area contributed by atoms with E-state index < -0.39 is 0 Å². The van der Waals surface area contributed by atoms with Gasteiger partial charge in [-0.1, -0.05) is 35.4 Å². The first-order valence-corrected chi connectivity index (χ1v) is 8.47. The summed E-state index contributed by atoms with van der Waals surface area (Å²) in [5.74, 6) is 0.913. The number of aryl methyl sites for hydroxylation is 2. The van der Waals surface area contributed by atoms with Crippen LogP contribution >= 0.6 is 0 Å². The molecule has 0 radical (unpaired) electrons. The van der Waals surface area contributed by atoms with Crippen molar-refractivity contribution < 1.29 is 29.9 Å². The zero-order valence-corrected chi connectivity index (χ0v) is 15.2. The molecule has 0 aliphatic heterocycles. The average molecular weight is 362 g/mol. The first-order valence-electron chi connectivity index (χ1n) is 8.47. The van der Waals surface area contributed by atoms with Crippen LogP contribution < -0.4 is 9.47 Å². The van der Waals surface area contributed by atoms with Crippen molar-refractivity contribution in [3.8, 4) is 11.5 Å². The lowest BCUT2D eigenvalue weighted by molar-refractivity contribution is 0.193. The van der Waals surface area contributed by atoms with Gasteiger partial charge in [0.25, 0.3) is 0 Å². The molecule has 0 saturated heterocycles. The Balaban J connectivity index is 2.08. The first kappa shape index (κ1) is 20.2. The molecule has 0 heterocycles. The maximum atomic E-state index is 9.51. The Morgan fingerprint density at radius 3 is 1.08 bits per heavy atom. The third kappa shape index (κ3) is 4.74. The highest BCUT2D eigenvalue weighted by atomic mass is 16.5. The Morgan fingerprint density at radius 1 is 0.577 bits per heavy atom. The van der Waals surface area contributed by atoms with Crippen molar-refractivity contribution in [1.82, 2.24) is 0 Å².